The summed E-state index contributed by atoms with van der Waals surface area (Å²) in [4.78, 5) is 41.5. The predicted molar refractivity (Wildman–Crippen MR) is 570 cm³/mol. The van der Waals surface area contributed by atoms with Gasteiger partial charge < -0.3 is 52.3 Å². The minimum atomic E-state index is -4.05. The van der Waals surface area contributed by atoms with Crippen LogP contribution in [0.25, 0.3) is 0 Å². The molecule has 1 unspecified atom stereocenters. The van der Waals surface area contributed by atoms with Gasteiger partial charge >= 0.3 is 11.9 Å². The lowest BCUT2D eigenvalue weighted by Crippen LogP contribution is -2.52. The Kier molecular flexibility index (Phi) is 80.7. The van der Waals surface area contributed by atoms with Crippen LogP contribution >= 0.6 is 0 Å². The number of carbonyl (C=O) groups is 4. The second kappa shape index (κ2) is 75.7. The summed E-state index contributed by atoms with van der Waals surface area (Å²) in [6, 6.07) is 29.5. The molecule has 1 aliphatic rings. The molecule has 1 saturated carbocycles. The maximum atomic E-state index is 10.7. The van der Waals surface area contributed by atoms with Gasteiger partial charge in [0.15, 0.2) is 0 Å². The van der Waals surface area contributed by atoms with Crippen molar-refractivity contribution >= 4 is 101 Å². The van der Waals surface area contributed by atoms with Crippen molar-refractivity contribution in [2.24, 2.45) is 22.7 Å². The van der Waals surface area contributed by atoms with Crippen LogP contribution in [0.5, 0.6) is 0 Å². The van der Waals surface area contributed by atoms with Crippen molar-refractivity contribution in [3.63, 3.8) is 0 Å². The molecular weight excluding hydrogens is 1700 g/mol. The van der Waals surface area contributed by atoms with Gasteiger partial charge in [-0.3, -0.25) is 4.79 Å². The van der Waals surface area contributed by atoms with Crippen LogP contribution in [0.15, 0.2) is 73.3 Å². The number of nitrogens with zero attached hydrogens (tertiary/aromatic N) is 2. The number of ether oxygens (including phenoxy) is 4. The molecule has 746 valence electrons. The third-order valence-electron chi connectivity index (χ3n) is 21.7. The Hall–Kier alpha value is -2.51. The highest BCUT2D eigenvalue weighted by Gasteiger charge is 2.26. The molecule has 2 aromatic carbocycles. The average Bonchev–Trinajstić information content (AvgIpc) is 1.02. The number of hydrogen-bond donors (Lipinski definition) is 1. The normalized spacial score (nSPS) is 12.9. The summed E-state index contributed by atoms with van der Waals surface area (Å²) in [7, 11) is -0.855. The molecule has 126 heavy (non-hydrogen) atoms. The van der Waals surface area contributed by atoms with Gasteiger partial charge in [-0.1, -0.05) is 397 Å². The van der Waals surface area contributed by atoms with Crippen LogP contribution < -0.4 is 15.5 Å². The summed E-state index contributed by atoms with van der Waals surface area (Å²) >= 11 is 0. The number of carboxylic acid groups (broad SMARTS) is 1. The molecule has 0 spiro atoms. The number of esters is 2. The summed E-state index contributed by atoms with van der Waals surface area (Å²) in [6.45, 7) is 76.5. The SMILES string of the molecule is C=CC(=O)OCCC[Si](C)(C)C.CC(C)(C)CCC[N+](C)(C)CCCC(=O)[O-].CC(C)(C)CCC[N+](C)(C)CCCS(=O)(=O)[O-].CC(CO)COCCC[Si](C)(C)C.CCCCCCCCCCCCCCCCCC[Si](C)(C)C.COC(=O)CC[Si](C)(C)C.C[Si](C)(C)CCCC=O.C[Si](C)(C)CCCOCC1CC1.C[Si](C)(c1ccccc1)c1ccccc1. The fourth-order valence-electron chi connectivity index (χ4n) is 13.1. The van der Waals surface area contributed by atoms with Crippen molar-refractivity contribution < 1.29 is 70.3 Å². The van der Waals surface area contributed by atoms with E-state index in [1.807, 2.05) is 6.92 Å². The van der Waals surface area contributed by atoms with Gasteiger partial charge in [0, 0.05) is 124 Å². The van der Waals surface area contributed by atoms with Crippen molar-refractivity contribution in [1.29, 1.82) is 0 Å². The highest BCUT2D eigenvalue weighted by Crippen LogP contribution is 2.29. The Labute approximate surface area is 790 Å². The molecule has 0 aromatic heterocycles. The summed E-state index contributed by atoms with van der Waals surface area (Å²) in [5.41, 5.74) is 0.739. The third kappa shape index (κ3) is 118. The summed E-state index contributed by atoms with van der Waals surface area (Å²) < 4.78 is 53.6. The highest BCUT2D eigenvalue weighted by atomic mass is 32.2. The molecule has 1 N–H and O–H groups in total. The standard InChI is InChI=1S/C21H46Si.C14H16Si.C13H27NO2.C12H27NO3S.C10H24O2Si.C10H22OSi.C9H18O2Si.C7H16O2Si.C7H16OSi/c1-5-6-7-8-9-10-11-12-13-14-15-16-17-18-19-20-21-22(2,3)4;1-15(2,13-9-5-3-6-10-13)14-11-7-4-8-12-14;1-13(2,3)9-7-11-14(4,5)10-6-8-12(15)16;1-12(2,3)8-6-9-13(4,5)10-7-11-17(14,15)16;1-10(8-11)9-12-6-5-7-13(2,3)4;1-12(2,3)8-4-7-11-9-10-5-6-10;1-5-9(10)11-7-6-8-12(2,3)4;1-9-7(8)5-6-10(2,3)4;1-9(2,3)7-5-4-6-8/h5-21H2,1-4H3;3-12H,1-2H3;6-11H2,1-5H3;6-11H2,1-5H3;10-11H,5-9H2,1-4H3;10H,4-9H2,1-3H3;5H,1,6-8H2,2-4H3;5-6H2,1-4H3;6H,4-5,7H2,1-3H3. The van der Waals surface area contributed by atoms with Crippen LogP contribution in [-0.2, 0) is 48.2 Å². The first kappa shape index (κ1) is 134. The molecule has 23 heteroatoms. The smallest absolute Gasteiger partial charge is 0.330 e. The lowest BCUT2D eigenvalue weighted by Gasteiger charge is -2.31. The van der Waals surface area contributed by atoms with E-state index < -0.39 is 72.6 Å². The van der Waals surface area contributed by atoms with E-state index in [9.17, 15) is 37.3 Å². The third-order valence-corrected chi connectivity index (χ3v) is 37.0. The molecule has 1 atom stereocenters. The minimum absolute atomic E-state index is 0.0811. The van der Waals surface area contributed by atoms with Crippen molar-refractivity contribution in [3.8, 4) is 0 Å². The van der Waals surface area contributed by atoms with Gasteiger partial charge in [0.25, 0.3) is 0 Å². The molecule has 0 heterocycles. The van der Waals surface area contributed by atoms with Crippen LogP contribution in [0.3, 0.4) is 0 Å². The Morgan fingerprint density at radius 1 is 0.492 bits per heavy atom. The van der Waals surface area contributed by atoms with E-state index in [1.54, 1.807) is 0 Å². The first-order valence-corrected chi connectivity index (χ1v) is 76.6. The van der Waals surface area contributed by atoms with Crippen LogP contribution in [-0.4, -0.2) is 215 Å². The second-order valence-corrected chi connectivity index (χ2v) is 87.3. The number of aliphatic carboxylic acids is 1. The molecule has 0 radical (unpaired) electrons. The largest absolute Gasteiger partial charge is 0.748 e. The van der Waals surface area contributed by atoms with Gasteiger partial charge in [0.05, 0.1) is 84.8 Å². The molecule has 0 bridgehead atoms. The van der Waals surface area contributed by atoms with E-state index in [0.29, 0.717) is 43.3 Å². The Morgan fingerprint density at radius 3 is 1.16 bits per heavy atom. The average molecular weight is 1920 g/mol. The number of aliphatic hydroxyl groups is 1. The maximum Gasteiger partial charge on any atom is 0.330 e. The maximum absolute atomic E-state index is 10.7. The van der Waals surface area contributed by atoms with E-state index in [1.165, 1.54) is 195 Å². The zero-order valence-corrected chi connectivity index (χ0v) is 97.2. The number of methoxy groups -OCH3 is 1. The number of aldehydes is 1. The molecule has 0 aliphatic heterocycles. The number of benzene rings is 2. The van der Waals surface area contributed by atoms with Crippen LogP contribution in [0.2, 0.25) is 167 Å². The fourth-order valence-corrected chi connectivity index (χ4v) is 23.1. The molecule has 15 nitrogen and oxygen atoms in total. The summed E-state index contributed by atoms with van der Waals surface area (Å²) in [5, 5.41) is 22.1. The Morgan fingerprint density at radius 2 is 0.833 bits per heavy atom. The zero-order valence-electron chi connectivity index (χ0n) is 89.4. The monoisotopic (exact) mass is 1910 g/mol. The highest BCUT2D eigenvalue weighted by molar-refractivity contribution is 7.85. The van der Waals surface area contributed by atoms with E-state index in [4.69, 9.17) is 19.3 Å². The zero-order chi connectivity index (χ0) is 98.3. The van der Waals surface area contributed by atoms with Gasteiger partial charge in [0.2, 0.25) is 0 Å². The molecule has 3 rings (SSSR count). The van der Waals surface area contributed by atoms with Gasteiger partial charge in [0.1, 0.15) is 14.4 Å². The lowest BCUT2D eigenvalue weighted by molar-refractivity contribution is -0.890. The van der Waals surface area contributed by atoms with Crippen LogP contribution in [0.4, 0.5) is 0 Å². The summed E-state index contributed by atoms with van der Waals surface area (Å²) in [6.07, 6.45) is 40.6. The molecular formula is C103H212N2O13SSi7. The predicted octanol–water partition coefficient (Wildman–Crippen LogP) is 26.5. The quantitative estimate of drug-likeness (QED) is 0.0125. The number of carboxylic acids is 1. The molecule has 1 fully saturated rings. The lowest BCUT2D eigenvalue weighted by atomic mass is 9.90. The van der Waals surface area contributed by atoms with Gasteiger partial charge in [-0.25, -0.2) is 13.2 Å². The fraction of sp³-hybridized carbons (Fsp3) is 0.825. The second-order valence-electron chi connectivity index (χ2n) is 47.7. The number of quaternary nitrogens is 2. The van der Waals surface area contributed by atoms with E-state index >= 15 is 0 Å². The van der Waals surface area contributed by atoms with Crippen molar-refractivity contribution in [3.05, 3.63) is 73.3 Å². The minimum Gasteiger partial charge on any atom is -0.748 e. The summed E-state index contributed by atoms with van der Waals surface area (Å²) in [5.74, 6) is -0.361. The number of aliphatic hydroxyl groups excluding tert-OH is 1. The van der Waals surface area contributed by atoms with Gasteiger partial charge in [-0.2, -0.15) is 0 Å². The van der Waals surface area contributed by atoms with Crippen LogP contribution in [0.1, 0.15) is 254 Å². The molecule has 2 aromatic rings. The first-order valence-electron chi connectivity index (χ1n) is 49.8. The van der Waals surface area contributed by atoms with Gasteiger partial charge in [-0.05, 0) is 93.4 Å². The Balaban J connectivity index is -0.000000325. The Bertz CT molecular complexity index is 2950. The first-order chi connectivity index (χ1) is 57.8. The van der Waals surface area contributed by atoms with E-state index in [2.05, 4.69) is 280 Å². The van der Waals surface area contributed by atoms with Crippen molar-refractivity contribution in [2.75, 3.05) is 107 Å². The number of carbonyl (C=O) groups excluding carboxylic acids is 4. The topological polar surface area (TPSA) is 206 Å². The number of unbranched alkanes of at least 4 members (excludes halogenated alkanes) is 16. The number of hydrogen-bond acceptors (Lipinski definition) is 13. The van der Waals surface area contributed by atoms with Crippen molar-refractivity contribution in [2.45, 2.75) is 422 Å². The molecule has 0 amide bonds. The van der Waals surface area contributed by atoms with Crippen LogP contribution in [0, 0.1) is 22.7 Å². The number of rotatable bonds is 58. The van der Waals surface area contributed by atoms with E-state index in [-0.39, 0.29) is 36.6 Å². The molecule has 0 saturated heterocycles. The van der Waals surface area contributed by atoms with Gasteiger partial charge in [-0.15, -0.1) is 0 Å². The van der Waals surface area contributed by atoms with Crippen molar-refractivity contribution in [1.82, 2.24) is 0 Å². The van der Waals surface area contributed by atoms with E-state index in [0.717, 1.165) is 105 Å². The molecule has 1 aliphatic carbocycles.